The lowest BCUT2D eigenvalue weighted by atomic mass is 10.2. The van der Waals surface area contributed by atoms with Crippen molar-refractivity contribution in [2.45, 2.75) is 13.3 Å². The van der Waals surface area contributed by atoms with Crippen LogP contribution in [-0.4, -0.2) is 44.1 Å². The standard InChI is InChI=1S/C10H21N2O2/c1-9(2)10(13)8-12(3,4)6-5-7-14-11/h1,5-8,11H2,2-4H3/q+1. The number of likely N-dealkylation sites (N-methyl/N-ethyl adjacent to an activating group) is 1. The molecule has 0 unspecified atom stereocenters. The third-order valence-corrected chi connectivity index (χ3v) is 2.07. The molecule has 4 nitrogen and oxygen atoms in total. The summed E-state index contributed by atoms with van der Waals surface area (Å²) in [6.45, 7) is 7.26. The molecule has 0 aromatic heterocycles. The Balaban J connectivity index is 3.93. The highest BCUT2D eigenvalue weighted by atomic mass is 16.6. The minimum atomic E-state index is 0.115. The van der Waals surface area contributed by atoms with Crippen LogP contribution in [0.5, 0.6) is 0 Å². The highest BCUT2D eigenvalue weighted by Crippen LogP contribution is 2.02. The van der Waals surface area contributed by atoms with E-state index >= 15 is 0 Å². The van der Waals surface area contributed by atoms with E-state index < -0.39 is 0 Å². The maximum absolute atomic E-state index is 11.4. The van der Waals surface area contributed by atoms with E-state index in [1.165, 1.54) is 0 Å². The molecule has 0 aromatic carbocycles. The zero-order valence-electron chi connectivity index (χ0n) is 9.38. The van der Waals surface area contributed by atoms with Gasteiger partial charge in [0.25, 0.3) is 0 Å². The highest BCUT2D eigenvalue weighted by Gasteiger charge is 2.19. The van der Waals surface area contributed by atoms with Crippen molar-refractivity contribution in [1.29, 1.82) is 0 Å². The van der Waals surface area contributed by atoms with Gasteiger partial charge in [0, 0.05) is 6.42 Å². The second-order valence-electron chi connectivity index (χ2n) is 4.25. The number of nitrogens with two attached hydrogens (primary N) is 1. The summed E-state index contributed by atoms with van der Waals surface area (Å²) in [5, 5.41) is 0. The summed E-state index contributed by atoms with van der Waals surface area (Å²) in [7, 11) is 4.02. The first-order valence-corrected chi connectivity index (χ1v) is 4.71. The molecule has 14 heavy (non-hydrogen) atoms. The molecule has 0 saturated heterocycles. The summed E-state index contributed by atoms with van der Waals surface area (Å²) in [5.74, 6) is 5.03. The Morgan fingerprint density at radius 3 is 2.50 bits per heavy atom. The van der Waals surface area contributed by atoms with E-state index in [1.807, 2.05) is 14.1 Å². The smallest absolute Gasteiger partial charge is 0.212 e. The minimum Gasteiger partial charge on any atom is -0.322 e. The molecule has 0 aliphatic rings. The predicted molar refractivity (Wildman–Crippen MR) is 56.4 cm³/mol. The van der Waals surface area contributed by atoms with Crippen molar-refractivity contribution in [2.24, 2.45) is 5.90 Å². The minimum absolute atomic E-state index is 0.115. The van der Waals surface area contributed by atoms with E-state index in [-0.39, 0.29) is 5.78 Å². The van der Waals surface area contributed by atoms with Gasteiger partial charge in [0.2, 0.25) is 5.78 Å². The van der Waals surface area contributed by atoms with Crippen LogP contribution < -0.4 is 5.90 Å². The molecule has 82 valence electrons. The average Bonchev–Trinajstić information content (AvgIpc) is 2.03. The quantitative estimate of drug-likeness (QED) is 0.282. The Morgan fingerprint density at radius 1 is 1.50 bits per heavy atom. The zero-order chi connectivity index (χ0) is 11.2. The van der Waals surface area contributed by atoms with Crippen molar-refractivity contribution < 1.29 is 14.1 Å². The number of hydrogen-bond donors (Lipinski definition) is 1. The molecule has 0 atom stereocenters. The number of ketones is 1. The van der Waals surface area contributed by atoms with Crippen LogP contribution in [0.2, 0.25) is 0 Å². The maximum Gasteiger partial charge on any atom is 0.212 e. The largest absolute Gasteiger partial charge is 0.322 e. The van der Waals surface area contributed by atoms with Gasteiger partial charge in [0.05, 0.1) is 27.2 Å². The Labute approximate surface area is 85.9 Å². The molecule has 0 fully saturated rings. The fourth-order valence-corrected chi connectivity index (χ4v) is 1.18. The number of rotatable bonds is 7. The van der Waals surface area contributed by atoms with Gasteiger partial charge in [-0.1, -0.05) is 6.58 Å². The van der Waals surface area contributed by atoms with Crippen molar-refractivity contribution >= 4 is 5.78 Å². The van der Waals surface area contributed by atoms with Crippen LogP contribution in [-0.2, 0) is 9.63 Å². The fraction of sp³-hybridized carbons (Fsp3) is 0.700. The second kappa shape index (κ2) is 5.90. The molecular weight excluding hydrogens is 180 g/mol. The van der Waals surface area contributed by atoms with Crippen molar-refractivity contribution in [3.05, 3.63) is 12.2 Å². The first kappa shape index (κ1) is 13.3. The summed E-state index contributed by atoms with van der Waals surface area (Å²) >= 11 is 0. The SMILES string of the molecule is C=C(C)C(=O)C[N+](C)(C)CCCON. The summed E-state index contributed by atoms with van der Waals surface area (Å²) in [5.41, 5.74) is 0.617. The lowest BCUT2D eigenvalue weighted by Crippen LogP contribution is -2.45. The number of carbonyl (C=O) groups is 1. The fourth-order valence-electron chi connectivity index (χ4n) is 1.18. The molecular formula is C10H21N2O2+. The zero-order valence-corrected chi connectivity index (χ0v) is 9.38. The van der Waals surface area contributed by atoms with E-state index in [0.717, 1.165) is 13.0 Å². The van der Waals surface area contributed by atoms with Gasteiger partial charge in [-0.2, -0.15) is 0 Å². The van der Waals surface area contributed by atoms with Crippen LogP contribution in [0.3, 0.4) is 0 Å². The van der Waals surface area contributed by atoms with Gasteiger partial charge in [-0.05, 0) is 12.5 Å². The van der Waals surface area contributed by atoms with Gasteiger partial charge in [0.15, 0.2) is 0 Å². The lowest BCUT2D eigenvalue weighted by Gasteiger charge is -2.28. The molecule has 0 saturated carbocycles. The first-order chi connectivity index (χ1) is 6.39. The maximum atomic E-state index is 11.4. The number of Topliss-reactive ketones (excluding diaryl/α,β-unsaturated/α-hetero) is 1. The molecule has 4 heteroatoms. The number of nitrogens with zero attached hydrogens (tertiary/aromatic N) is 1. The van der Waals surface area contributed by atoms with Crippen LogP contribution in [0.4, 0.5) is 0 Å². The highest BCUT2D eigenvalue weighted by molar-refractivity contribution is 5.95. The van der Waals surface area contributed by atoms with Crippen LogP contribution in [0, 0.1) is 0 Å². The van der Waals surface area contributed by atoms with E-state index in [1.54, 1.807) is 6.92 Å². The summed E-state index contributed by atoms with van der Waals surface area (Å²) in [4.78, 5) is 15.9. The Hall–Kier alpha value is -0.710. The number of hydrogen-bond acceptors (Lipinski definition) is 3. The summed E-state index contributed by atoms with van der Waals surface area (Å²) < 4.78 is 0.648. The monoisotopic (exact) mass is 201 g/mol. The van der Waals surface area contributed by atoms with Crippen molar-refractivity contribution in [2.75, 3.05) is 33.8 Å². The summed E-state index contributed by atoms with van der Waals surface area (Å²) in [6, 6.07) is 0. The normalized spacial score (nSPS) is 11.4. The second-order valence-corrected chi connectivity index (χ2v) is 4.25. The number of quaternary nitrogens is 1. The Morgan fingerprint density at radius 2 is 2.07 bits per heavy atom. The average molecular weight is 201 g/mol. The van der Waals surface area contributed by atoms with Crippen LogP contribution >= 0.6 is 0 Å². The van der Waals surface area contributed by atoms with Gasteiger partial charge < -0.3 is 9.32 Å². The first-order valence-electron chi connectivity index (χ1n) is 4.71. The number of carbonyl (C=O) groups excluding carboxylic acids is 1. The van der Waals surface area contributed by atoms with Gasteiger partial charge in [0.1, 0.15) is 6.54 Å². The molecule has 2 N–H and O–H groups in total. The summed E-state index contributed by atoms with van der Waals surface area (Å²) in [6.07, 6.45) is 0.854. The van der Waals surface area contributed by atoms with E-state index in [0.29, 0.717) is 23.2 Å². The third-order valence-electron chi connectivity index (χ3n) is 2.07. The van der Waals surface area contributed by atoms with Gasteiger partial charge in [-0.3, -0.25) is 4.79 Å². The molecule has 0 heterocycles. The van der Waals surface area contributed by atoms with Crippen molar-refractivity contribution in [3.63, 3.8) is 0 Å². The Bertz CT molecular complexity index is 212. The van der Waals surface area contributed by atoms with Crippen LogP contribution in [0.25, 0.3) is 0 Å². The van der Waals surface area contributed by atoms with Crippen LogP contribution in [0.1, 0.15) is 13.3 Å². The van der Waals surface area contributed by atoms with E-state index in [9.17, 15) is 4.79 Å². The van der Waals surface area contributed by atoms with Crippen LogP contribution in [0.15, 0.2) is 12.2 Å². The van der Waals surface area contributed by atoms with Gasteiger partial charge in [-0.25, -0.2) is 5.90 Å². The molecule has 0 radical (unpaired) electrons. The molecule has 0 amide bonds. The van der Waals surface area contributed by atoms with Gasteiger partial charge in [-0.15, -0.1) is 0 Å². The topological polar surface area (TPSA) is 52.3 Å². The molecule has 0 rings (SSSR count). The third kappa shape index (κ3) is 5.85. The molecule has 0 aliphatic carbocycles. The molecule has 0 aliphatic heterocycles. The van der Waals surface area contributed by atoms with Gasteiger partial charge >= 0.3 is 0 Å². The van der Waals surface area contributed by atoms with Crippen molar-refractivity contribution in [1.82, 2.24) is 0 Å². The molecule has 0 aromatic rings. The van der Waals surface area contributed by atoms with E-state index in [2.05, 4.69) is 11.4 Å². The van der Waals surface area contributed by atoms with Crippen molar-refractivity contribution in [3.8, 4) is 0 Å². The molecule has 0 spiro atoms. The Kier molecular flexibility index (Phi) is 5.60. The lowest BCUT2D eigenvalue weighted by molar-refractivity contribution is -0.882. The van der Waals surface area contributed by atoms with E-state index in [4.69, 9.17) is 5.90 Å². The predicted octanol–water partition coefficient (Wildman–Crippen LogP) is 0.488. The molecule has 0 bridgehead atoms.